The van der Waals surface area contributed by atoms with Crippen LogP contribution < -0.4 is 4.90 Å². The van der Waals surface area contributed by atoms with Crippen molar-refractivity contribution in [2.45, 2.75) is 19.8 Å². The fraction of sp³-hybridized carbons (Fsp3) is 0.692. The van der Waals surface area contributed by atoms with Crippen LogP contribution >= 0.6 is 11.3 Å². The summed E-state index contributed by atoms with van der Waals surface area (Å²) in [7, 11) is 0. The van der Waals surface area contributed by atoms with Gasteiger partial charge in [0.2, 0.25) is 0 Å². The molecule has 5 nitrogen and oxygen atoms in total. The number of carboxylic acid groups (broad SMARTS) is 1. The van der Waals surface area contributed by atoms with Crippen LogP contribution in [0, 0.1) is 12.8 Å². The van der Waals surface area contributed by atoms with Crippen molar-refractivity contribution in [3.63, 3.8) is 0 Å². The van der Waals surface area contributed by atoms with E-state index in [4.69, 9.17) is 5.11 Å². The molecule has 1 saturated carbocycles. The van der Waals surface area contributed by atoms with Gasteiger partial charge < -0.3 is 10.0 Å². The summed E-state index contributed by atoms with van der Waals surface area (Å²) in [5, 5.41) is 9.90. The quantitative estimate of drug-likeness (QED) is 0.910. The van der Waals surface area contributed by atoms with Gasteiger partial charge in [0.25, 0.3) is 0 Å². The van der Waals surface area contributed by atoms with Crippen LogP contribution in [-0.2, 0) is 0 Å². The topological polar surface area (TPSA) is 56.7 Å². The SMILES string of the molecule is Cc1sc(N2CCN(CC3CC3)CC2)nc1C(=O)O. The Kier molecular flexibility index (Phi) is 3.45. The van der Waals surface area contributed by atoms with Gasteiger partial charge in [0, 0.05) is 37.6 Å². The monoisotopic (exact) mass is 281 g/mol. The van der Waals surface area contributed by atoms with Crippen molar-refractivity contribution >= 4 is 22.4 Å². The number of aryl methyl sites for hydroxylation is 1. The molecular weight excluding hydrogens is 262 g/mol. The van der Waals surface area contributed by atoms with Crippen molar-refractivity contribution in [3.8, 4) is 0 Å². The Bertz CT molecular complexity index is 476. The van der Waals surface area contributed by atoms with Crippen LogP contribution in [0.15, 0.2) is 0 Å². The van der Waals surface area contributed by atoms with Crippen LogP contribution in [0.4, 0.5) is 5.13 Å². The van der Waals surface area contributed by atoms with Gasteiger partial charge in [-0.05, 0) is 25.7 Å². The zero-order chi connectivity index (χ0) is 13.4. The number of aromatic nitrogens is 1. The first-order valence-electron chi connectivity index (χ1n) is 6.81. The lowest BCUT2D eigenvalue weighted by molar-refractivity contribution is 0.0690. The minimum absolute atomic E-state index is 0.209. The highest BCUT2D eigenvalue weighted by Crippen LogP contribution is 2.31. The fourth-order valence-electron chi connectivity index (χ4n) is 2.50. The number of hydrogen-bond acceptors (Lipinski definition) is 5. The average molecular weight is 281 g/mol. The van der Waals surface area contributed by atoms with E-state index < -0.39 is 5.97 Å². The standard InChI is InChI=1S/C13H19N3O2S/c1-9-11(12(17)18)14-13(19-9)16-6-4-15(5-7-16)8-10-2-3-10/h10H,2-8H2,1H3,(H,17,18). The number of hydrogen-bond donors (Lipinski definition) is 1. The van der Waals surface area contributed by atoms with E-state index >= 15 is 0 Å². The third-order valence-corrected chi connectivity index (χ3v) is 4.88. The molecule has 3 rings (SSSR count). The Labute approximate surface area is 116 Å². The lowest BCUT2D eigenvalue weighted by Crippen LogP contribution is -2.47. The third-order valence-electron chi connectivity index (χ3n) is 3.84. The van der Waals surface area contributed by atoms with Crippen molar-refractivity contribution in [3.05, 3.63) is 10.6 Å². The van der Waals surface area contributed by atoms with Gasteiger partial charge in [0.15, 0.2) is 10.8 Å². The van der Waals surface area contributed by atoms with Crippen molar-refractivity contribution < 1.29 is 9.90 Å². The largest absolute Gasteiger partial charge is 0.476 e. The molecule has 104 valence electrons. The molecule has 0 aromatic carbocycles. The van der Waals surface area contributed by atoms with Crippen LogP contribution in [0.3, 0.4) is 0 Å². The van der Waals surface area contributed by atoms with E-state index in [1.165, 1.54) is 30.7 Å². The van der Waals surface area contributed by atoms with E-state index in [1.54, 1.807) is 0 Å². The van der Waals surface area contributed by atoms with Gasteiger partial charge in [-0.3, -0.25) is 4.90 Å². The molecule has 0 bridgehead atoms. The van der Waals surface area contributed by atoms with E-state index in [-0.39, 0.29) is 5.69 Å². The number of anilines is 1. The van der Waals surface area contributed by atoms with Gasteiger partial charge in [-0.1, -0.05) is 0 Å². The lowest BCUT2D eigenvalue weighted by Gasteiger charge is -2.34. The van der Waals surface area contributed by atoms with E-state index in [0.29, 0.717) is 0 Å². The van der Waals surface area contributed by atoms with E-state index in [1.807, 2.05) is 6.92 Å². The second-order valence-electron chi connectivity index (χ2n) is 5.44. The van der Waals surface area contributed by atoms with Crippen LogP contribution in [0.1, 0.15) is 28.2 Å². The highest BCUT2D eigenvalue weighted by Gasteiger charge is 2.27. The van der Waals surface area contributed by atoms with Gasteiger partial charge in [-0.2, -0.15) is 0 Å². The molecule has 6 heteroatoms. The van der Waals surface area contributed by atoms with E-state index in [2.05, 4.69) is 14.8 Å². The molecule has 1 aliphatic heterocycles. The first kappa shape index (κ1) is 12.9. The van der Waals surface area contributed by atoms with E-state index in [0.717, 1.165) is 42.1 Å². The Balaban J connectivity index is 1.61. The van der Waals surface area contributed by atoms with Gasteiger partial charge in [-0.25, -0.2) is 9.78 Å². The van der Waals surface area contributed by atoms with E-state index in [9.17, 15) is 4.79 Å². The maximum absolute atomic E-state index is 11.0. The smallest absolute Gasteiger partial charge is 0.355 e. The first-order valence-corrected chi connectivity index (χ1v) is 7.63. The minimum atomic E-state index is -0.924. The summed E-state index contributed by atoms with van der Waals surface area (Å²) >= 11 is 1.49. The summed E-state index contributed by atoms with van der Waals surface area (Å²) in [6.07, 6.45) is 2.79. The highest BCUT2D eigenvalue weighted by atomic mass is 32.1. The summed E-state index contributed by atoms with van der Waals surface area (Å²) in [4.78, 5) is 20.8. The van der Waals surface area contributed by atoms with Crippen molar-refractivity contribution in [2.75, 3.05) is 37.6 Å². The van der Waals surface area contributed by atoms with Crippen molar-refractivity contribution in [1.29, 1.82) is 0 Å². The van der Waals surface area contributed by atoms with Crippen molar-refractivity contribution in [2.24, 2.45) is 5.92 Å². The Morgan fingerprint density at radius 1 is 1.37 bits per heavy atom. The molecule has 1 aromatic heterocycles. The molecule has 1 N–H and O–H groups in total. The molecule has 1 saturated heterocycles. The number of carboxylic acids is 1. The summed E-state index contributed by atoms with van der Waals surface area (Å²) in [6.45, 7) is 7.12. The average Bonchev–Trinajstić information content (AvgIpc) is 3.10. The van der Waals surface area contributed by atoms with Gasteiger partial charge in [0.1, 0.15) is 0 Å². The summed E-state index contributed by atoms with van der Waals surface area (Å²) in [5.74, 6) is 0.0136. The van der Waals surface area contributed by atoms with Gasteiger partial charge in [0.05, 0.1) is 0 Å². The predicted octanol–water partition coefficient (Wildman–Crippen LogP) is 1.68. The normalized spacial score (nSPS) is 20.8. The summed E-state index contributed by atoms with van der Waals surface area (Å²) < 4.78 is 0. The maximum atomic E-state index is 11.0. The molecule has 1 aliphatic carbocycles. The molecule has 0 unspecified atom stereocenters. The summed E-state index contributed by atoms with van der Waals surface area (Å²) in [5.41, 5.74) is 0.209. The molecule has 0 amide bonds. The van der Waals surface area contributed by atoms with Gasteiger partial charge >= 0.3 is 5.97 Å². The Morgan fingerprint density at radius 2 is 2.05 bits per heavy atom. The van der Waals surface area contributed by atoms with Crippen LogP contribution in [0.25, 0.3) is 0 Å². The summed E-state index contributed by atoms with van der Waals surface area (Å²) in [6, 6.07) is 0. The lowest BCUT2D eigenvalue weighted by atomic mass is 10.3. The van der Waals surface area contributed by atoms with Crippen LogP contribution in [0.2, 0.25) is 0 Å². The predicted molar refractivity (Wildman–Crippen MR) is 75.2 cm³/mol. The maximum Gasteiger partial charge on any atom is 0.355 e. The van der Waals surface area contributed by atoms with Gasteiger partial charge in [-0.15, -0.1) is 11.3 Å². The van der Waals surface area contributed by atoms with Crippen molar-refractivity contribution in [1.82, 2.24) is 9.88 Å². The third kappa shape index (κ3) is 2.90. The molecule has 0 spiro atoms. The highest BCUT2D eigenvalue weighted by molar-refractivity contribution is 7.15. The molecular formula is C13H19N3O2S. The second-order valence-corrected chi connectivity index (χ2v) is 6.62. The molecule has 0 radical (unpaired) electrons. The Morgan fingerprint density at radius 3 is 2.58 bits per heavy atom. The fourth-order valence-corrected chi connectivity index (χ4v) is 3.46. The molecule has 2 aliphatic rings. The van der Waals surface area contributed by atoms with Crippen LogP contribution in [0.5, 0.6) is 0 Å². The first-order chi connectivity index (χ1) is 9.13. The Hall–Kier alpha value is -1.14. The number of aromatic carboxylic acids is 1. The second kappa shape index (κ2) is 5.09. The molecule has 0 atom stereocenters. The number of rotatable bonds is 4. The number of piperazine rings is 1. The molecule has 2 fully saturated rings. The number of thiazole rings is 1. The minimum Gasteiger partial charge on any atom is -0.476 e. The number of nitrogens with zero attached hydrogens (tertiary/aromatic N) is 3. The molecule has 2 heterocycles. The zero-order valence-corrected chi connectivity index (χ0v) is 11.9. The molecule has 19 heavy (non-hydrogen) atoms. The zero-order valence-electron chi connectivity index (χ0n) is 11.1. The van der Waals surface area contributed by atoms with Crippen LogP contribution in [-0.4, -0.2) is 53.7 Å². The number of carbonyl (C=O) groups is 1. The molecule has 1 aromatic rings.